The second-order valence-electron chi connectivity index (χ2n) is 5.04. The molecule has 0 bridgehead atoms. The summed E-state index contributed by atoms with van der Waals surface area (Å²) in [5.74, 6) is 0.474. The van der Waals surface area contributed by atoms with Crippen molar-refractivity contribution in [1.29, 1.82) is 0 Å². The molecule has 0 unspecified atom stereocenters. The van der Waals surface area contributed by atoms with Crippen molar-refractivity contribution in [2.45, 2.75) is 44.8 Å². The van der Waals surface area contributed by atoms with Crippen LogP contribution in [0.15, 0.2) is 0 Å². The van der Waals surface area contributed by atoms with Crippen molar-refractivity contribution in [2.24, 2.45) is 0 Å². The van der Waals surface area contributed by atoms with Crippen molar-refractivity contribution in [1.82, 2.24) is 19.2 Å². The third kappa shape index (κ3) is 3.80. The van der Waals surface area contributed by atoms with Crippen LogP contribution in [0.2, 0.25) is 0 Å². The summed E-state index contributed by atoms with van der Waals surface area (Å²) in [5, 5.41) is 13.4. The first-order valence-corrected chi connectivity index (χ1v) is 6.77. The lowest BCUT2D eigenvalue weighted by molar-refractivity contribution is -0.138. The van der Waals surface area contributed by atoms with Crippen LogP contribution in [-0.2, 0) is 13.3 Å². The molecule has 2 rings (SSSR count). The Bertz CT molecular complexity index is 521. The highest BCUT2D eigenvalue weighted by molar-refractivity contribution is 7.71. The Morgan fingerprint density at radius 3 is 2.60 bits per heavy atom. The molecule has 114 valence electrons. The third-order valence-corrected chi connectivity index (χ3v) is 3.55. The Hall–Kier alpha value is -0.930. The lowest BCUT2D eigenvalue weighted by Crippen LogP contribution is -2.27. The monoisotopic (exact) mass is 310 g/mol. The summed E-state index contributed by atoms with van der Waals surface area (Å²) in [7, 11) is 1.59. The number of aromatic nitrogens is 3. The minimum Gasteiger partial charge on any atom is -0.388 e. The fourth-order valence-corrected chi connectivity index (χ4v) is 2.33. The molecule has 1 fully saturated rings. The van der Waals surface area contributed by atoms with Crippen LogP contribution in [0.4, 0.5) is 13.2 Å². The smallest absolute Gasteiger partial charge is 0.388 e. The molecular weight excluding hydrogens is 293 g/mol. The van der Waals surface area contributed by atoms with Gasteiger partial charge in [-0.3, -0.25) is 9.47 Å². The molecule has 1 aliphatic carbocycles. The minimum atomic E-state index is -4.17. The van der Waals surface area contributed by atoms with Crippen molar-refractivity contribution >= 4 is 12.2 Å². The molecule has 1 aromatic heterocycles. The number of halogens is 3. The molecule has 0 aromatic carbocycles. The Morgan fingerprint density at radius 1 is 1.45 bits per heavy atom. The van der Waals surface area contributed by atoms with Crippen molar-refractivity contribution in [3.05, 3.63) is 10.6 Å². The average Bonchev–Trinajstić information content (AvgIpc) is 3.13. The van der Waals surface area contributed by atoms with Gasteiger partial charge in [-0.1, -0.05) is 0 Å². The normalized spacial score (nSPS) is 16.1. The minimum absolute atomic E-state index is 0.115. The highest BCUT2D eigenvalue weighted by atomic mass is 32.1. The van der Waals surface area contributed by atoms with Crippen LogP contribution in [0.3, 0.4) is 0 Å². The number of hydrogen-bond donors (Lipinski definition) is 1. The van der Waals surface area contributed by atoms with Gasteiger partial charge in [-0.2, -0.15) is 18.3 Å². The molecule has 1 heterocycles. The van der Waals surface area contributed by atoms with E-state index in [9.17, 15) is 18.3 Å². The van der Waals surface area contributed by atoms with Gasteiger partial charge in [0.1, 0.15) is 6.61 Å². The zero-order chi connectivity index (χ0) is 14.9. The van der Waals surface area contributed by atoms with E-state index in [4.69, 9.17) is 12.2 Å². The first kappa shape index (κ1) is 15.5. The van der Waals surface area contributed by atoms with Gasteiger partial charge in [0.2, 0.25) is 0 Å². The van der Waals surface area contributed by atoms with Crippen molar-refractivity contribution in [2.75, 3.05) is 13.6 Å². The molecule has 1 aliphatic rings. The van der Waals surface area contributed by atoms with Gasteiger partial charge < -0.3 is 5.11 Å². The summed E-state index contributed by atoms with van der Waals surface area (Å²) in [5.41, 5.74) is 0. The summed E-state index contributed by atoms with van der Waals surface area (Å²) < 4.78 is 40.2. The lowest BCUT2D eigenvalue weighted by Gasteiger charge is -2.17. The van der Waals surface area contributed by atoms with E-state index < -0.39 is 12.6 Å². The van der Waals surface area contributed by atoms with E-state index in [2.05, 4.69) is 5.10 Å². The zero-order valence-electron chi connectivity index (χ0n) is 11.1. The molecule has 1 saturated carbocycles. The van der Waals surface area contributed by atoms with Gasteiger partial charge in [-0.15, -0.1) is 0 Å². The molecule has 20 heavy (non-hydrogen) atoms. The van der Waals surface area contributed by atoms with E-state index in [-0.39, 0.29) is 25.9 Å². The fourth-order valence-electron chi connectivity index (χ4n) is 1.98. The van der Waals surface area contributed by atoms with Gasteiger partial charge >= 0.3 is 6.18 Å². The summed E-state index contributed by atoms with van der Waals surface area (Å²) in [6.45, 7) is -0.156. The predicted octanol–water partition coefficient (Wildman–Crippen LogP) is 2.08. The zero-order valence-corrected chi connectivity index (χ0v) is 11.9. The van der Waals surface area contributed by atoms with E-state index in [0.29, 0.717) is 10.6 Å². The Kier molecular flexibility index (Phi) is 4.50. The van der Waals surface area contributed by atoms with Crippen LogP contribution in [0.1, 0.15) is 31.1 Å². The Labute approximate surface area is 119 Å². The highest BCUT2D eigenvalue weighted by Gasteiger charge is 2.29. The van der Waals surface area contributed by atoms with Gasteiger partial charge in [-0.25, -0.2) is 4.68 Å². The van der Waals surface area contributed by atoms with Crippen LogP contribution < -0.4 is 0 Å². The van der Waals surface area contributed by atoms with E-state index in [1.54, 1.807) is 11.6 Å². The summed E-state index contributed by atoms with van der Waals surface area (Å²) in [4.78, 5) is 1.51. The molecule has 0 radical (unpaired) electrons. The quantitative estimate of drug-likeness (QED) is 0.817. The first-order chi connectivity index (χ1) is 9.31. The second kappa shape index (κ2) is 5.82. The molecule has 1 N–H and O–H groups in total. The molecule has 0 aliphatic heterocycles. The second-order valence-corrected chi connectivity index (χ2v) is 5.41. The first-order valence-electron chi connectivity index (χ1n) is 6.36. The summed E-state index contributed by atoms with van der Waals surface area (Å²) in [6.07, 6.45) is -3.04. The number of hydrogen-bond acceptors (Lipinski definition) is 4. The number of alkyl halides is 3. The Morgan fingerprint density at radius 2 is 2.10 bits per heavy atom. The molecule has 9 heteroatoms. The van der Waals surface area contributed by atoms with Crippen molar-refractivity contribution < 1.29 is 18.3 Å². The maximum absolute atomic E-state index is 12.2. The lowest BCUT2D eigenvalue weighted by atomic mass is 10.4. The van der Waals surface area contributed by atoms with Crippen LogP contribution in [0.5, 0.6) is 0 Å². The molecule has 5 nitrogen and oxygen atoms in total. The third-order valence-electron chi connectivity index (χ3n) is 3.15. The fraction of sp³-hybridized carbons (Fsp3) is 0.818. The van der Waals surface area contributed by atoms with Crippen LogP contribution in [0, 0.1) is 4.77 Å². The van der Waals surface area contributed by atoms with Crippen molar-refractivity contribution in [3.8, 4) is 0 Å². The number of rotatable bonds is 6. The standard InChI is InChI=1S/C11H17F3N4OS/c1-16(5-4-11(12,13)14)7-17-10(20)18(8-2-3-8)9(6-19)15-17/h8,19H,2-7H2,1H3. The Balaban J connectivity index is 2.04. The van der Waals surface area contributed by atoms with Gasteiger partial charge in [0.05, 0.1) is 13.1 Å². The van der Waals surface area contributed by atoms with E-state index in [1.165, 1.54) is 9.58 Å². The van der Waals surface area contributed by atoms with Gasteiger partial charge in [-0.05, 0) is 32.1 Å². The molecule has 0 atom stereocenters. The number of aliphatic hydroxyl groups is 1. The number of nitrogens with zero attached hydrogens (tertiary/aromatic N) is 4. The average molecular weight is 310 g/mol. The molecule has 0 spiro atoms. The van der Waals surface area contributed by atoms with Crippen LogP contribution >= 0.6 is 12.2 Å². The maximum atomic E-state index is 12.2. The molecule has 0 amide bonds. The number of aliphatic hydroxyl groups excluding tert-OH is 1. The van der Waals surface area contributed by atoms with Gasteiger partial charge in [0, 0.05) is 12.6 Å². The molecular formula is C11H17F3N4OS. The largest absolute Gasteiger partial charge is 0.390 e. The predicted molar refractivity (Wildman–Crippen MR) is 68.5 cm³/mol. The van der Waals surface area contributed by atoms with Crippen LogP contribution in [0.25, 0.3) is 0 Å². The van der Waals surface area contributed by atoms with E-state index in [1.807, 2.05) is 0 Å². The van der Waals surface area contributed by atoms with Gasteiger partial charge in [0.15, 0.2) is 10.6 Å². The topological polar surface area (TPSA) is 46.2 Å². The van der Waals surface area contributed by atoms with E-state index >= 15 is 0 Å². The van der Waals surface area contributed by atoms with E-state index in [0.717, 1.165) is 12.8 Å². The summed E-state index contributed by atoms with van der Waals surface area (Å²) >= 11 is 5.27. The summed E-state index contributed by atoms with van der Waals surface area (Å²) in [6, 6.07) is 0.277. The van der Waals surface area contributed by atoms with Crippen LogP contribution in [-0.4, -0.2) is 44.1 Å². The SMILES string of the molecule is CN(CCC(F)(F)F)Cn1nc(CO)n(C2CC2)c1=S. The van der Waals surface area contributed by atoms with Gasteiger partial charge in [0.25, 0.3) is 0 Å². The van der Waals surface area contributed by atoms with Crippen molar-refractivity contribution in [3.63, 3.8) is 0 Å². The maximum Gasteiger partial charge on any atom is 0.390 e. The molecule has 0 saturated heterocycles. The molecule has 1 aromatic rings. The highest BCUT2D eigenvalue weighted by Crippen LogP contribution is 2.36.